The summed E-state index contributed by atoms with van der Waals surface area (Å²) in [6.45, 7) is 3.55. The second-order valence-corrected chi connectivity index (χ2v) is 6.27. The first kappa shape index (κ1) is 15.2. The Hall–Kier alpha value is -0.880. The van der Waals surface area contributed by atoms with E-state index in [0.717, 1.165) is 9.35 Å². The highest BCUT2D eigenvalue weighted by molar-refractivity contribution is 9.10. The normalized spacial score (nSPS) is 12.4. The first-order valence-electron chi connectivity index (χ1n) is 5.65. The van der Waals surface area contributed by atoms with Crippen molar-refractivity contribution in [3.8, 4) is 0 Å². The minimum absolute atomic E-state index is 0.123. The van der Waals surface area contributed by atoms with Crippen molar-refractivity contribution >= 4 is 39.1 Å². The molecule has 4 nitrogen and oxygen atoms in total. The van der Waals surface area contributed by atoms with Crippen molar-refractivity contribution in [1.82, 2.24) is 5.32 Å². The third-order valence-corrected chi connectivity index (χ3v) is 4.23. The molecule has 2 N–H and O–H groups in total. The average Bonchev–Trinajstić information content (AvgIpc) is 2.68. The summed E-state index contributed by atoms with van der Waals surface area (Å²) in [7, 11) is 0. The van der Waals surface area contributed by atoms with E-state index in [0.29, 0.717) is 12.8 Å². The number of aliphatic carboxylic acids is 1. The molecule has 1 amide bonds. The molecule has 1 aromatic heterocycles. The van der Waals surface area contributed by atoms with Gasteiger partial charge in [0.1, 0.15) is 6.04 Å². The number of hydrogen-bond donors (Lipinski definition) is 2. The van der Waals surface area contributed by atoms with Crippen molar-refractivity contribution in [1.29, 1.82) is 0 Å². The van der Waals surface area contributed by atoms with Gasteiger partial charge in [0.15, 0.2) is 0 Å². The van der Waals surface area contributed by atoms with E-state index in [1.807, 2.05) is 11.4 Å². The highest BCUT2D eigenvalue weighted by Crippen LogP contribution is 2.20. The van der Waals surface area contributed by atoms with E-state index in [2.05, 4.69) is 21.2 Å². The topological polar surface area (TPSA) is 66.4 Å². The zero-order chi connectivity index (χ0) is 13.7. The fourth-order valence-corrected chi connectivity index (χ4v) is 2.94. The lowest BCUT2D eigenvalue weighted by atomic mass is 10.0. The molecule has 0 bridgehead atoms. The van der Waals surface area contributed by atoms with Crippen LogP contribution in [0.5, 0.6) is 0 Å². The van der Waals surface area contributed by atoms with Crippen molar-refractivity contribution in [2.24, 2.45) is 5.92 Å². The molecule has 0 aliphatic heterocycles. The summed E-state index contributed by atoms with van der Waals surface area (Å²) in [6.07, 6.45) is 0.940. The van der Waals surface area contributed by atoms with Crippen LogP contribution in [-0.4, -0.2) is 23.0 Å². The van der Waals surface area contributed by atoms with E-state index < -0.39 is 12.0 Å². The van der Waals surface area contributed by atoms with E-state index in [-0.39, 0.29) is 11.8 Å². The summed E-state index contributed by atoms with van der Waals surface area (Å²) < 4.78 is 1.01. The van der Waals surface area contributed by atoms with Crippen molar-refractivity contribution in [2.45, 2.75) is 32.7 Å². The van der Waals surface area contributed by atoms with Crippen LogP contribution < -0.4 is 5.32 Å². The maximum absolute atomic E-state index is 11.7. The van der Waals surface area contributed by atoms with Crippen LogP contribution >= 0.6 is 27.3 Å². The lowest BCUT2D eigenvalue weighted by molar-refractivity contribution is -0.143. The SMILES string of the molecule is CC(C)[C@H](NC(=O)CCc1cc(Br)cs1)C(=O)O. The Bertz CT molecular complexity index is 431. The summed E-state index contributed by atoms with van der Waals surface area (Å²) >= 11 is 4.93. The second-order valence-electron chi connectivity index (χ2n) is 4.36. The van der Waals surface area contributed by atoms with Gasteiger partial charge in [0.2, 0.25) is 5.91 Å². The van der Waals surface area contributed by atoms with Gasteiger partial charge in [-0.1, -0.05) is 13.8 Å². The van der Waals surface area contributed by atoms with Gasteiger partial charge in [-0.3, -0.25) is 4.79 Å². The first-order chi connectivity index (χ1) is 8.40. The number of halogens is 1. The lowest BCUT2D eigenvalue weighted by Crippen LogP contribution is -2.44. The predicted octanol–water partition coefficient (Wildman–Crippen LogP) is 2.67. The van der Waals surface area contributed by atoms with Gasteiger partial charge in [-0.2, -0.15) is 0 Å². The summed E-state index contributed by atoms with van der Waals surface area (Å²) in [6, 6.07) is 1.15. The van der Waals surface area contributed by atoms with Gasteiger partial charge < -0.3 is 10.4 Å². The molecule has 0 fully saturated rings. The standard InChI is InChI=1S/C12H16BrNO3S/c1-7(2)11(12(16)17)14-10(15)4-3-9-5-8(13)6-18-9/h5-7,11H,3-4H2,1-2H3,(H,14,15)(H,16,17)/t11-/m0/s1. The molecule has 18 heavy (non-hydrogen) atoms. The van der Waals surface area contributed by atoms with Gasteiger partial charge in [-0.15, -0.1) is 11.3 Å². The Labute approximate surface area is 119 Å². The molecule has 0 unspecified atom stereocenters. The highest BCUT2D eigenvalue weighted by Gasteiger charge is 2.23. The third-order valence-electron chi connectivity index (χ3n) is 2.47. The molecule has 1 atom stereocenters. The Balaban J connectivity index is 2.43. The van der Waals surface area contributed by atoms with Crippen LogP contribution in [0.15, 0.2) is 15.9 Å². The van der Waals surface area contributed by atoms with Gasteiger partial charge in [0, 0.05) is 21.2 Å². The molecule has 0 saturated carbocycles. The lowest BCUT2D eigenvalue weighted by Gasteiger charge is -2.17. The van der Waals surface area contributed by atoms with Gasteiger partial charge in [-0.05, 0) is 34.3 Å². The molecular formula is C12H16BrNO3S. The van der Waals surface area contributed by atoms with Gasteiger partial charge in [0.25, 0.3) is 0 Å². The zero-order valence-electron chi connectivity index (χ0n) is 10.3. The number of carbonyl (C=O) groups is 2. The van der Waals surface area contributed by atoms with Gasteiger partial charge in [-0.25, -0.2) is 4.79 Å². The summed E-state index contributed by atoms with van der Waals surface area (Å²) in [5.41, 5.74) is 0. The van der Waals surface area contributed by atoms with Crippen molar-refractivity contribution < 1.29 is 14.7 Å². The van der Waals surface area contributed by atoms with E-state index in [1.165, 1.54) is 0 Å². The van der Waals surface area contributed by atoms with Crippen LogP contribution in [0.25, 0.3) is 0 Å². The van der Waals surface area contributed by atoms with Gasteiger partial charge >= 0.3 is 5.97 Å². The maximum atomic E-state index is 11.7. The van der Waals surface area contributed by atoms with E-state index >= 15 is 0 Å². The molecule has 1 heterocycles. The number of carboxylic acids is 1. The molecule has 0 spiro atoms. The number of carbonyl (C=O) groups excluding carboxylic acids is 1. The largest absolute Gasteiger partial charge is 0.480 e. The maximum Gasteiger partial charge on any atom is 0.326 e. The number of amides is 1. The quantitative estimate of drug-likeness (QED) is 0.841. The number of carboxylic acid groups (broad SMARTS) is 1. The number of rotatable bonds is 6. The molecule has 0 aliphatic carbocycles. The highest BCUT2D eigenvalue weighted by atomic mass is 79.9. The smallest absolute Gasteiger partial charge is 0.326 e. The molecule has 0 aliphatic rings. The van der Waals surface area contributed by atoms with Crippen molar-refractivity contribution in [3.05, 3.63) is 20.8 Å². The number of hydrogen-bond acceptors (Lipinski definition) is 3. The van der Waals surface area contributed by atoms with Crippen LogP contribution in [0.3, 0.4) is 0 Å². The monoisotopic (exact) mass is 333 g/mol. The number of nitrogens with one attached hydrogen (secondary N) is 1. The van der Waals surface area contributed by atoms with Crippen LogP contribution in [0, 0.1) is 5.92 Å². The average molecular weight is 334 g/mol. The van der Waals surface area contributed by atoms with E-state index in [4.69, 9.17) is 5.11 Å². The number of aryl methyl sites for hydroxylation is 1. The Kier molecular flexibility index (Phi) is 5.81. The molecule has 0 aromatic carbocycles. The minimum atomic E-state index is -0.989. The fourth-order valence-electron chi connectivity index (χ4n) is 1.48. The summed E-state index contributed by atoms with van der Waals surface area (Å²) in [4.78, 5) is 23.7. The Morgan fingerprint density at radius 2 is 2.17 bits per heavy atom. The predicted molar refractivity (Wildman–Crippen MR) is 74.7 cm³/mol. The summed E-state index contributed by atoms with van der Waals surface area (Å²) in [5, 5.41) is 13.5. The molecule has 1 aromatic rings. The Morgan fingerprint density at radius 1 is 1.50 bits per heavy atom. The van der Waals surface area contributed by atoms with Crippen LogP contribution in [0.2, 0.25) is 0 Å². The molecule has 100 valence electrons. The van der Waals surface area contributed by atoms with Gasteiger partial charge in [0.05, 0.1) is 0 Å². The molecule has 6 heteroatoms. The molecule has 1 rings (SSSR count). The molecule has 0 radical (unpaired) electrons. The molecular weight excluding hydrogens is 318 g/mol. The fraction of sp³-hybridized carbons (Fsp3) is 0.500. The van der Waals surface area contributed by atoms with Crippen molar-refractivity contribution in [3.63, 3.8) is 0 Å². The first-order valence-corrected chi connectivity index (χ1v) is 7.32. The van der Waals surface area contributed by atoms with Crippen LogP contribution in [-0.2, 0) is 16.0 Å². The van der Waals surface area contributed by atoms with E-state index in [9.17, 15) is 9.59 Å². The van der Waals surface area contributed by atoms with E-state index in [1.54, 1.807) is 25.2 Å². The minimum Gasteiger partial charge on any atom is -0.480 e. The van der Waals surface area contributed by atoms with Crippen LogP contribution in [0.4, 0.5) is 0 Å². The second kappa shape index (κ2) is 6.89. The third kappa shape index (κ3) is 4.78. The zero-order valence-corrected chi connectivity index (χ0v) is 12.7. The van der Waals surface area contributed by atoms with Crippen LogP contribution in [0.1, 0.15) is 25.1 Å². The Morgan fingerprint density at radius 3 is 2.61 bits per heavy atom. The van der Waals surface area contributed by atoms with Crippen molar-refractivity contribution in [2.75, 3.05) is 0 Å². The number of thiophene rings is 1. The molecule has 0 saturated heterocycles. The summed E-state index contributed by atoms with van der Waals surface area (Å²) in [5.74, 6) is -1.33.